The number of hydrogen-bond donors (Lipinski definition) is 3. The number of amides is 3. The van der Waals surface area contributed by atoms with E-state index in [0.29, 0.717) is 12.5 Å². The third kappa shape index (κ3) is 5.78. The van der Waals surface area contributed by atoms with Crippen molar-refractivity contribution < 1.29 is 19.1 Å². The second-order valence-corrected chi connectivity index (χ2v) is 12.8. The lowest BCUT2D eigenvalue weighted by molar-refractivity contribution is -0.121. The van der Waals surface area contributed by atoms with Crippen molar-refractivity contribution in [2.75, 3.05) is 30.8 Å². The van der Waals surface area contributed by atoms with Crippen molar-refractivity contribution in [2.45, 2.75) is 79.0 Å². The zero-order valence-electron chi connectivity index (χ0n) is 24.7. The summed E-state index contributed by atoms with van der Waals surface area (Å²) >= 11 is 0. The Labute approximate surface area is 238 Å². The van der Waals surface area contributed by atoms with E-state index in [9.17, 15) is 9.59 Å². The SMILES string of the molecule is COc1cc(NC(=O)C2CCC(N3Cc4c(C)ccc(OC(C5CNC5)C(C)(C)C)c4NC3=O)CC2)ccc1C. The summed E-state index contributed by atoms with van der Waals surface area (Å²) in [7, 11) is 1.63. The Balaban J connectivity index is 1.24. The van der Waals surface area contributed by atoms with E-state index >= 15 is 0 Å². The van der Waals surface area contributed by atoms with Crippen molar-refractivity contribution >= 4 is 23.3 Å². The number of nitrogens with zero attached hydrogens (tertiary/aromatic N) is 1. The topological polar surface area (TPSA) is 91.9 Å². The maximum absolute atomic E-state index is 13.4. The van der Waals surface area contributed by atoms with Crippen LogP contribution >= 0.6 is 0 Å². The number of nitrogens with one attached hydrogen (secondary N) is 3. The van der Waals surface area contributed by atoms with Crippen molar-refractivity contribution in [1.82, 2.24) is 10.2 Å². The van der Waals surface area contributed by atoms with Gasteiger partial charge in [0.25, 0.3) is 0 Å². The average molecular weight is 549 g/mol. The third-order valence-electron chi connectivity index (χ3n) is 8.86. The fraction of sp³-hybridized carbons (Fsp3) is 0.562. The molecule has 8 nitrogen and oxygen atoms in total. The number of benzene rings is 2. The molecule has 0 aromatic heterocycles. The number of methoxy groups -OCH3 is 1. The van der Waals surface area contributed by atoms with E-state index < -0.39 is 0 Å². The van der Waals surface area contributed by atoms with Gasteiger partial charge in [0.1, 0.15) is 17.6 Å². The minimum absolute atomic E-state index is 0.0221. The van der Waals surface area contributed by atoms with E-state index in [2.05, 4.69) is 49.7 Å². The summed E-state index contributed by atoms with van der Waals surface area (Å²) in [6.45, 7) is 13.2. The molecule has 2 aromatic carbocycles. The number of rotatable bonds is 7. The van der Waals surface area contributed by atoms with E-state index in [1.54, 1.807) is 7.11 Å². The van der Waals surface area contributed by atoms with Crippen LogP contribution in [0.4, 0.5) is 16.2 Å². The molecule has 40 heavy (non-hydrogen) atoms. The van der Waals surface area contributed by atoms with Gasteiger partial charge in [-0.1, -0.05) is 32.9 Å². The Hall–Kier alpha value is -3.26. The number of carbonyl (C=O) groups excluding carboxylic acids is 2. The van der Waals surface area contributed by atoms with Gasteiger partial charge >= 0.3 is 6.03 Å². The molecule has 3 N–H and O–H groups in total. The quantitative estimate of drug-likeness (QED) is 0.403. The van der Waals surface area contributed by atoms with Gasteiger partial charge in [-0.3, -0.25) is 4.79 Å². The zero-order valence-corrected chi connectivity index (χ0v) is 24.7. The van der Waals surface area contributed by atoms with Crippen LogP contribution in [0.25, 0.3) is 0 Å². The van der Waals surface area contributed by atoms with Gasteiger partial charge in [0.2, 0.25) is 5.91 Å². The van der Waals surface area contributed by atoms with Gasteiger partial charge in [0.05, 0.1) is 19.3 Å². The molecule has 1 unspecified atom stereocenters. The number of aryl methyl sites for hydroxylation is 2. The maximum Gasteiger partial charge on any atom is 0.322 e. The first-order valence-corrected chi connectivity index (χ1v) is 14.6. The molecular weight excluding hydrogens is 504 g/mol. The van der Waals surface area contributed by atoms with Crippen LogP contribution in [0.1, 0.15) is 63.1 Å². The molecular formula is C32H44N4O4. The number of hydrogen-bond acceptors (Lipinski definition) is 5. The van der Waals surface area contributed by atoms with Gasteiger partial charge in [0.15, 0.2) is 0 Å². The third-order valence-corrected chi connectivity index (χ3v) is 8.86. The fourth-order valence-corrected chi connectivity index (χ4v) is 6.32. The minimum atomic E-state index is -0.0831. The van der Waals surface area contributed by atoms with Crippen LogP contribution in [-0.4, -0.2) is 49.2 Å². The van der Waals surface area contributed by atoms with E-state index in [-0.39, 0.29) is 35.4 Å². The van der Waals surface area contributed by atoms with E-state index in [1.807, 2.05) is 36.1 Å². The molecule has 2 fully saturated rings. The predicted molar refractivity (Wildman–Crippen MR) is 158 cm³/mol. The van der Waals surface area contributed by atoms with Crippen molar-refractivity contribution in [3.8, 4) is 11.5 Å². The Bertz CT molecular complexity index is 1260. The molecule has 2 heterocycles. The number of urea groups is 1. The average Bonchev–Trinajstić information content (AvgIpc) is 2.89. The lowest BCUT2D eigenvalue weighted by Gasteiger charge is -2.43. The molecule has 216 valence electrons. The molecule has 8 heteroatoms. The Morgan fingerprint density at radius 3 is 2.35 bits per heavy atom. The summed E-state index contributed by atoms with van der Waals surface area (Å²) in [6.07, 6.45) is 3.15. The van der Waals surface area contributed by atoms with Gasteiger partial charge in [0, 0.05) is 48.3 Å². The molecule has 5 rings (SSSR count). The highest BCUT2D eigenvalue weighted by molar-refractivity contribution is 5.95. The van der Waals surface area contributed by atoms with Crippen molar-refractivity contribution in [1.29, 1.82) is 0 Å². The zero-order chi connectivity index (χ0) is 28.6. The van der Waals surface area contributed by atoms with Crippen molar-refractivity contribution in [3.63, 3.8) is 0 Å². The van der Waals surface area contributed by atoms with Gasteiger partial charge in [-0.2, -0.15) is 0 Å². The second-order valence-electron chi connectivity index (χ2n) is 12.8. The first-order chi connectivity index (χ1) is 19.0. The van der Waals surface area contributed by atoms with Crippen molar-refractivity contribution in [3.05, 3.63) is 47.0 Å². The van der Waals surface area contributed by atoms with Crippen LogP contribution in [0.3, 0.4) is 0 Å². The lowest BCUT2D eigenvalue weighted by Crippen LogP contribution is -2.54. The van der Waals surface area contributed by atoms with Gasteiger partial charge in [-0.05, 0) is 68.2 Å². The highest BCUT2D eigenvalue weighted by atomic mass is 16.5. The summed E-state index contributed by atoms with van der Waals surface area (Å²) in [6, 6.07) is 9.84. The largest absolute Gasteiger partial charge is 0.496 e. The lowest BCUT2D eigenvalue weighted by atomic mass is 9.78. The van der Waals surface area contributed by atoms with Crippen molar-refractivity contribution in [2.24, 2.45) is 17.3 Å². The Morgan fingerprint density at radius 2 is 1.73 bits per heavy atom. The predicted octanol–water partition coefficient (Wildman–Crippen LogP) is 5.87. The number of carbonyl (C=O) groups is 2. The normalized spacial score (nSPS) is 22.1. The summed E-state index contributed by atoms with van der Waals surface area (Å²) < 4.78 is 12.0. The highest BCUT2D eigenvalue weighted by Gasteiger charge is 2.40. The van der Waals surface area contributed by atoms with Crippen LogP contribution < -0.4 is 25.4 Å². The van der Waals surface area contributed by atoms with Gasteiger partial charge < -0.3 is 30.3 Å². The number of anilines is 2. The van der Waals surface area contributed by atoms with E-state index in [0.717, 1.165) is 78.3 Å². The van der Waals surface area contributed by atoms with Crippen LogP contribution in [0.2, 0.25) is 0 Å². The number of ether oxygens (including phenoxy) is 2. The smallest absolute Gasteiger partial charge is 0.322 e. The maximum atomic E-state index is 13.4. The number of fused-ring (bicyclic) bond motifs is 1. The summed E-state index contributed by atoms with van der Waals surface area (Å²) in [5, 5.41) is 9.60. The molecule has 1 aliphatic carbocycles. The Morgan fingerprint density at radius 1 is 1.02 bits per heavy atom. The fourth-order valence-electron chi connectivity index (χ4n) is 6.32. The van der Waals surface area contributed by atoms with Crippen LogP contribution in [0.15, 0.2) is 30.3 Å². The minimum Gasteiger partial charge on any atom is -0.496 e. The first-order valence-electron chi connectivity index (χ1n) is 14.6. The van der Waals surface area contributed by atoms with E-state index in [1.165, 1.54) is 0 Å². The summed E-state index contributed by atoms with van der Waals surface area (Å²) in [5.74, 6) is 1.93. The van der Waals surface area contributed by atoms with Gasteiger partial charge in [-0.25, -0.2) is 4.79 Å². The molecule has 1 saturated heterocycles. The second kappa shape index (κ2) is 11.3. The monoisotopic (exact) mass is 548 g/mol. The van der Waals surface area contributed by atoms with Crippen LogP contribution in [-0.2, 0) is 11.3 Å². The highest BCUT2D eigenvalue weighted by Crippen LogP contribution is 2.41. The molecule has 1 saturated carbocycles. The molecule has 2 aromatic rings. The molecule has 1 atom stereocenters. The van der Waals surface area contributed by atoms with Gasteiger partial charge in [-0.15, -0.1) is 0 Å². The molecule has 3 aliphatic rings. The molecule has 2 aliphatic heterocycles. The molecule has 0 bridgehead atoms. The first kappa shape index (κ1) is 28.3. The standard InChI is InChI=1S/C32H44N4O4/c1-19-8-14-26(40-29(32(3,4)5)22-16-33-17-22)28-25(19)18-36(31(38)35-28)24-12-9-21(10-13-24)30(37)34-23-11-7-20(2)27(15-23)39-6/h7-8,11,14-15,21-22,24,29,33H,9-10,12-13,16-18H2,1-6H3,(H,34,37)(H,35,38). The van der Waals surface area contributed by atoms with E-state index in [4.69, 9.17) is 9.47 Å². The molecule has 0 spiro atoms. The molecule has 3 amide bonds. The summed E-state index contributed by atoms with van der Waals surface area (Å²) in [5.41, 5.74) is 4.82. The summed E-state index contributed by atoms with van der Waals surface area (Å²) in [4.78, 5) is 28.4. The molecule has 0 radical (unpaired) electrons. The van der Waals surface area contributed by atoms with Crippen LogP contribution in [0, 0.1) is 31.1 Å². The Kier molecular flexibility index (Phi) is 8.00. The van der Waals surface area contributed by atoms with Crippen LogP contribution in [0.5, 0.6) is 11.5 Å².